The molecule has 12 heteroatoms. The highest BCUT2D eigenvalue weighted by atomic mass is 32.2. The molecule has 5 rings (SSSR count). The number of ether oxygens (including phenoxy) is 1. The van der Waals surface area contributed by atoms with Crippen molar-refractivity contribution in [2.24, 2.45) is 4.40 Å². The van der Waals surface area contributed by atoms with Gasteiger partial charge in [-0.2, -0.15) is 5.10 Å². The van der Waals surface area contributed by atoms with Crippen molar-refractivity contribution in [3.05, 3.63) is 71.0 Å². The minimum absolute atomic E-state index is 0.147. The first-order valence-electron chi connectivity index (χ1n) is 12.1. The summed E-state index contributed by atoms with van der Waals surface area (Å²) in [6, 6.07) is 13.8. The van der Waals surface area contributed by atoms with Crippen molar-refractivity contribution in [2.45, 2.75) is 19.3 Å². The third kappa shape index (κ3) is 4.86. The molecule has 0 unspecified atom stereocenters. The van der Waals surface area contributed by atoms with Crippen molar-refractivity contribution in [2.75, 3.05) is 37.9 Å². The van der Waals surface area contributed by atoms with Crippen LogP contribution in [0.3, 0.4) is 0 Å². The van der Waals surface area contributed by atoms with Gasteiger partial charge in [0, 0.05) is 36.4 Å². The minimum Gasteiger partial charge on any atom is -0.497 e. The predicted molar refractivity (Wildman–Crippen MR) is 141 cm³/mol. The molecular formula is C26H27N5O6S. The van der Waals surface area contributed by atoms with Gasteiger partial charge in [-0.15, -0.1) is 4.40 Å². The van der Waals surface area contributed by atoms with E-state index in [2.05, 4.69) is 9.50 Å². The summed E-state index contributed by atoms with van der Waals surface area (Å²) >= 11 is 0. The SMILES string of the molecule is COc1ccc(-n2nc(C(=O)O)c3c2C(=O)N(c2ccc(/C(=N/S(C)(=O)=O)N4CCCC4)cc2)CC3)cc1. The Morgan fingerprint density at radius 2 is 1.63 bits per heavy atom. The standard InChI is InChI=1S/C26H27N5O6S/c1-37-20-11-9-19(10-12-20)31-23-21(22(27-31)26(33)34)13-16-30(25(23)32)18-7-5-17(6-8-18)24(28-38(2,35)36)29-14-3-4-15-29/h5-12H,3-4,13-16H2,1-2H3,(H,33,34)/b28-24-. The van der Waals surface area contributed by atoms with Gasteiger partial charge in [0.25, 0.3) is 15.9 Å². The minimum atomic E-state index is -3.61. The number of aromatic carboxylic acids is 1. The van der Waals surface area contributed by atoms with E-state index in [4.69, 9.17) is 4.74 Å². The van der Waals surface area contributed by atoms with E-state index in [-0.39, 0.29) is 23.8 Å². The van der Waals surface area contributed by atoms with Gasteiger partial charge >= 0.3 is 5.97 Å². The number of carboxylic acids is 1. The third-order valence-electron chi connectivity index (χ3n) is 6.63. The van der Waals surface area contributed by atoms with E-state index in [1.165, 1.54) is 4.68 Å². The fourth-order valence-corrected chi connectivity index (χ4v) is 5.39. The van der Waals surface area contributed by atoms with E-state index < -0.39 is 16.0 Å². The summed E-state index contributed by atoms with van der Waals surface area (Å²) in [5, 5.41) is 14.0. The summed E-state index contributed by atoms with van der Waals surface area (Å²) in [4.78, 5) is 29.2. The van der Waals surface area contributed by atoms with Crippen LogP contribution in [-0.4, -0.2) is 78.9 Å². The highest BCUT2D eigenvalue weighted by molar-refractivity contribution is 7.89. The van der Waals surface area contributed by atoms with Crippen molar-refractivity contribution in [1.82, 2.24) is 14.7 Å². The van der Waals surface area contributed by atoms with E-state index in [1.54, 1.807) is 60.5 Å². The van der Waals surface area contributed by atoms with Crippen molar-refractivity contribution in [1.29, 1.82) is 0 Å². The average molecular weight is 538 g/mol. The van der Waals surface area contributed by atoms with Crippen LogP contribution >= 0.6 is 0 Å². The first-order chi connectivity index (χ1) is 18.2. The smallest absolute Gasteiger partial charge is 0.356 e. The zero-order valence-electron chi connectivity index (χ0n) is 21.0. The lowest BCUT2D eigenvalue weighted by Crippen LogP contribution is -2.39. The number of fused-ring (bicyclic) bond motifs is 1. The molecule has 1 saturated heterocycles. The molecule has 1 aromatic heterocycles. The van der Waals surface area contributed by atoms with Crippen LogP contribution in [0.15, 0.2) is 52.9 Å². The van der Waals surface area contributed by atoms with Gasteiger partial charge in [-0.25, -0.2) is 17.9 Å². The second kappa shape index (κ2) is 9.93. The van der Waals surface area contributed by atoms with Gasteiger partial charge in [-0.1, -0.05) is 0 Å². The zero-order chi connectivity index (χ0) is 27.0. The maximum absolute atomic E-state index is 13.7. The maximum atomic E-state index is 13.7. The molecule has 0 atom stereocenters. The van der Waals surface area contributed by atoms with Crippen LogP contribution in [-0.2, 0) is 16.4 Å². The Kier molecular flexibility index (Phi) is 6.66. The number of rotatable bonds is 6. The van der Waals surface area contributed by atoms with Crippen LogP contribution in [0.4, 0.5) is 5.69 Å². The molecule has 2 aromatic carbocycles. The molecule has 0 saturated carbocycles. The molecule has 198 valence electrons. The van der Waals surface area contributed by atoms with Crippen LogP contribution in [0.5, 0.6) is 5.75 Å². The number of carbonyl (C=O) groups is 2. The molecule has 1 fully saturated rings. The molecule has 3 heterocycles. The molecule has 0 bridgehead atoms. The number of nitrogens with zero attached hydrogens (tertiary/aromatic N) is 5. The fourth-order valence-electron chi connectivity index (χ4n) is 4.86. The largest absolute Gasteiger partial charge is 0.497 e. The second-order valence-corrected chi connectivity index (χ2v) is 10.8. The predicted octanol–water partition coefficient (Wildman–Crippen LogP) is 2.58. The first-order valence-corrected chi connectivity index (χ1v) is 14.0. The Labute approximate surface area is 220 Å². The number of likely N-dealkylation sites (tertiary alicyclic amines) is 1. The Balaban J connectivity index is 1.50. The lowest BCUT2D eigenvalue weighted by molar-refractivity contribution is 0.0688. The van der Waals surface area contributed by atoms with Gasteiger partial charge in [0.05, 0.1) is 19.1 Å². The second-order valence-electron chi connectivity index (χ2n) is 9.19. The Morgan fingerprint density at radius 3 is 2.21 bits per heavy atom. The molecular weight excluding hydrogens is 510 g/mol. The monoisotopic (exact) mass is 537 g/mol. The van der Waals surface area contributed by atoms with Crippen molar-refractivity contribution < 1.29 is 27.9 Å². The molecule has 0 aliphatic carbocycles. The number of amidine groups is 1. The Morgan fingerprint density at radius 1 is 1.00 bits per heavy atom. The van der Waals surface area contributed by atoms with Crippen LogP contribution in [0.25, 0.3) is 5.69 Å². The Bertz CT molecular complexity index is 1520. The van der Waals surface area contributed by atoms with Gasteiger partial charge in [0.2, 0.25) is 0 Å². The summed E-state index contributed by atoms with van der Waals surface area (Å²) in [6.45, 7) is 1.73. The van der Waals surface area contributed by atoms with Crippen molar-refractivity contribution >= 4 is 33.4 Å². The number of aromatic nitrogens is 2. The third-order valence-corrected chi connectivity index (χ3v) is 7.14. The number of amides is 1. The van der Waals surface area contributed by atoms with Crippen LogP contribution in [0.2, 0.25) is 0 Å². The number of anilines is 1. The number of hydrogen-bond acceptors (Lipinski definition) is 6. The highest BCUT2D eigenvalue weighted by Crippen LogP contribution is 2.30. The molecule has 1 N–H and O–H groups in total. The molecule has 0 spiro atoms. The Hall–Kier alpha value is -4.19. The van der Waals surface area contributed by atoms with Gasteiger partial charge in [-0.05, 0) is 67.8 Å². The van der Waals surface area contributed by atoms with Crippen LogP contribution < -0.4 is 9.64 Å². The number of hydrogen-bond donors (Lipinski definition) is 1. The van der Waals surface area contributed by atoms with Crippen molar-refractivity contribution in [3.8, 4) is 11.4 Å². The number of carboxylic acid groups (broad SMARTS) is 1. The summed E-state index contributed by atoms with van der Waals surface area (Å²) in [5.74, 6) is -0.556. The number of benzene rings is 2. The topological polar surface area (TPSA) is 134 Å². The number of methoxy groups -OCH3 is 1. The molecule has 11 nitrogen and oxygen atoms in total. The van der Waals surface area contributed by atoms with Gasteiger partial charge in [0.15, 0.2) is 5.69 Å². The maximum Gasteiger partial charge on any atom is 0.356 e. The molecule has 0 radical (unpaired) electrons. The fraction of sp³-hybridized carbons (Fsp3) is 0.308. The highest BCUT2D eigenvalue weighted by Gasteiger charge is 2.35. The first kappa shape index (κ1) is 25.5. The van der Waals surface area contributed by atoms with E-state index in [0.717, 1.165) is 32.2 Å². The van der Waals surface area contributed by atoms with E-state index in [1.807, 2.05) is 4.90 Å². The van der Waals surface area contributed by atoms with E-state index >= 15 is 0 Å². The molecule has 2 aliphatic heterocycles. The molecule has 1 amide bonds. The van der Waals surface area contributed by atoms with Gasteiger partial charge in [-0.3, -0.25) is 4.79 Å². The summed E-state index contributed by atoms with van der Waals surface area (Å²) in [7, 11) is -2.06. The van der Waals surface area contributed by atoms with Crippen LogP contribution in [0, 0.1) is 0 Å². The van der Waals surface area contributed by atoms with Gasteiger partial charge < -0.3 is 19.6 Å². The summed E-state index contributed by atoms with van der Waals surface area (Å²) in [5.41, 5.74) is 2.22. The lowest BCUT2D eigenvalue weighted by Gasteiger charge is -2.28. The van der Waals surface area contributed by atoms with Crippen LogP contribution in [0.1, 0.15) is 44.9 Å². The lowest BCUT2D eigenvalue weighted by atomic mass is 10.0. The molecule has 3 aromatic rings. The quantitative estimate of drug-likeness (QED) is 0.375. The zero-order valence-corrected chi connectivity index (χ0v) is 21.8. The molecule has 38 heavy (non-hydrogen) atoms. The van der Waals surface area contributed by atoms with E-state index in [0.29, 0.717) is 40.5 Å². The van der Waals surface area contributed by atoms with Crippen molar-refractivity contribution in [3.63, 3.8) is 0 Å². The number of carbonyl (C=O) groups excluding carboxylic acids is 1. The van der Waals surface area contributed by atoms with E-state index in [9.17, 15) is 23.1 Å². The normalized spacial score (nSPS) is 16.1. The van der Waals surface area contributed by atoms with Gasteiger partial charge in [0.1, 0.15) is 17.3 Å². The summed E-state index contributed by atoms with van der Waals surface area (Å²) in [6.07, 6.45) is 3.31. The number of sulfonamides is 1. The molecule has 2 aliphatic rings. The summed E-state index contributed by atoms with van der Waals surface area (Å²) < 4.78 is 34.5. The average Bonchev–Trinajstić information content (AvgIpc) is 3.56.